The third kappa shape index (κ3) is 2.52. The van der Waals surface area contributed by atoms with Crippen molar-refractivity contribution < 1.29 is 4.74 Å². The molecule has 1 saturated heterocycles. The van der Waals surface area contributed by atoms with E-state index in [-0.39, 0.29) is 0 Å². The van der Waals surface area contributed by atoms with Gasteiger partial charge in [0.05, 0.1) is 6.10 Å². The molecule has 0 amide bonds. The lowest BCUT2D eigenvalue weighted by molar-refractivity contribution is 0.00827. The highest BCUT2D eigenvalue weighted by Crippen LogP contribution is 2.15. The first kappa shape index (κ1) is 8.69. The van der Waals surface area contributed by atoms with Crippen molar-refractivity contribution in [2.24, 2.45) is 0 Å². The van der Waals surface area contributed by atoms with E-state index in [1.807, 2.05) is 4.68 Å². The molecule has 0 saturated carbocycles. The van der Waals surface area contributed by atoms with Crippen LogP contribution in [0.4, 0.5) is 0 Å². The molecular formula is C9H15N3O. The Hall–Kier alpha value is -0.900. The minimum atomic E-state index is 0.443. The van der Waals surface area contributed by atoms with Gasteiger partial charge in [-0.2, -0.15) is 5.10 Å². The molecule has 1 aromatic heterocycles. The van der Waals surface area contributed by atoms with Gasteiger partial charge in [-0.25, -0.2) is 4.98 Å². The Morgan fingerprint density at radius 1 is 1.46 bits per heavy atom. The second kappa shape index (κ2) is 4.37. The topological polar surface area (TPSA) is 39.9 Å². The highest BCUT2D eigenvalue weighted by Gasteiger charge is 2.13. The van der Waals surface area contributed by atoms with E-state index in [2.05, 4.69) is 10.1 Å². The summed E-state index contributed by atoms with van der Waals surface area (Å²) in [5.41, 5.74) is 0. The van der Waals surface area contributed by atoms with Crippen LogP contribution in [0.25, 0.3) is 0 Å². The van der Waals surface area contributed by atoms with Gasteiger partial charge in [0.2, 0.25) is 0 Å². The lowest BCUT2D eigenvalue weighted by Crippen LogP contribution is -2.20. The van der Waals surface area contributed by atoms with Crippen molar-refractivity contribution in [1.29, 1.82) is 0 Å². The molecule has 0 spiro atoms. The van der Waals surface area contributed by atoms with E-state index in [1.54, 1.807) is 12.7 Å². The lowest BCUT2D eigenvalue weighted by Gasteiger charge is -2.22. The van der Waals surface area contributed by atoms with Crippen LogP contribution < -0.4 is 0 Å². The van der Waals surface area contributed by atoms with Crippen LogP contribution in [0.15, 0.2) is 12.7 Å². The SMILES string of the molecule is c1ncn(CCC2CCCCO2)n1. The minimum Gasteiger partial charge on any atom is -0.378 e. The molecule has 2 heterocycles. The third-order valence-electron chi connectivity index (χ3n) is 2.42. The molecule has 13 heavy (non-hydrogen) atoms. The van der Waals surface area contributed by atoms with Crippen LogP contribution in [0.5, 0.6) is 0 Å². The summed E-state index contributed by atoms with van der Waals surface area (Å²) in [5, 5.41) is 4.05. The van der Waals surface area contributed by atoms with Gasteiger partial charge in [-0.1, -0.05) is 0 Å². The molecule has 1 atom stereocenters. The van der Waals surface area contributed by atoms with Crippen LogP contribution in [0, 0.1) is 0 Å². The maximum Gasteiger partial charge on any atom is 0.137 e. The highest BCUT2D eigenvalue weighted by atomic mass is 16.5. The Morgan fingerprint density at radius 2 is 2.46 bits per heavy atom. The Morgan fingerprint density at radius 3 is 3.15 bits per heavy atom. The Labute approximate surface area is 77.9 Å². The van der Waals surface area contributed by atoms with Crippen LogP contribution in [0.2, 0.25) is 0 Å². The summed E-state index contributed by atoms with van der Waals surface area (Å²) in [5.74, 6) is 0. The molecule has 1 aliphatic rings. The molecule has 2 rings (SSSR count). The van der Waals surface area contributed by atoms with E-state index in [0.717, 1.165) is 19.6 Å². The largest absolute Gasteiger partial charge is 0.378 e. The van der Waals surface area contributed by atoms with Crippen molar-refractivity contribution in [2.75, 3.05) is 6.61 Å². The standard InChI is InChI=1S/C9H15N3O/c1-2-6-13-9(3-1)4-5-12-8-10-7-11-12/h7-9H,1-6H2. The lowest BCUT2D eigenvalue weighted by atomic mass is 10.1. The molecular weight excluding hydrogens is 166 g/mol. The maximum atomic E-state index is 5.61. The van der Waals surface area contributed by atoms with Crippen LogP contribution in [-0.2, 0) is 11.3 Å². The second-order valence-corrected chi connectivity index (χ2v) is 3.44. The van der Waals surface area contributed by atoms with Crippen LogP contribution in [-0.4, -0.2) is 27.5 Å². The predicted molar refractivity (Wildman–Crippen MR) is 48.2 cm³/mol. The molecule has 1 fully saturated rings. The van der Waals surface area contributed by atoms with E-state index in [0.29, 0.717) is 6.10 Å². The van der Waals surface area contributed by atoms with Gasteiger partial charge in [0.25, 0.3) is 0 Å². The number of rotatable bonds is 3. The number of nitrogens with zero attached hydrogens (tertiary/aromatic N) is 3. The van der Waals surface area contributed by atoms with Crippen molar-refractivity contribution in [3.05, 3.63) is 12.7 Å². The summed E-state index contributed by atoms with van der Waals surface area (Å²) in [7, 11) is 0. The molecule has 0 N–H and O–H groups in total. The summed E-state index contributed by atoms with van der Waals surface area (Å²) >= 11 is 0. The van der Waals surface area contributed by atoms with E-state index in [9.17, 15) is 0 Å². The normalized spacial score (nSPS) is 23.2. The van der Waals surface area contributed by atoms with Gasteiger partial charge < -0.3 is 4.74 Å². The molecule has 0 radical (unpaired) electrons. The molecule has 4 nitrogen and oxygen atoms in total. The van der Waals surface area contributed by atoms with Crippen molar-refractivity contribution >= 4 is 0 Å². The molecule has 1 aliphatic heterocycles. The van der Waals surface area contributed by atoms with Gasteiger partial charge in [-0.05, 0) is 25.7 Å². The van der Waals surface area contributed by atoms with Crippen molar-refractivity contribution in [3.63, 3.8) is 0 Å². The second-order valence-electron chi connectivity index (χ2n) is 3.44. The predicted octanol–water partition coefficient (Wildman–Crippen LogP) is 1.24. The average molecular weight is 181 g/mol. The van der Waals surface area contributed by atoms with Crippen molar-refractivity contribution in [2.45, 2.75) is 38.3 Å². The quantitative estimate of drug-likeness (QED) is 0.704. The number of aromatic nitrogens is 3. The number of ether oxygens (including phenoxy) is 1. The molecule has 1 unspecified atom stereocenters. The summed E-state index contributed by atoms with van der Waals surface area (Å²) in [6.07, 6.45) is 8.56. The minimum absolute atomic E-state index is 0.443. The Balaban J connectivity index is 1.72. The number of aryl methyl sites for hydroxylation is 1. The number of hydrogen-bond donors (Lipinski definition) is 0. The van der Waals surface area contributed by atoms with Crippen molar-refractivity contribution in [1.82, 2.24) is 14.8 Å². The molecule has 1 aromatic rings. The highest BCUT2D eigenvalue weighted by molar-refractivity contribution is 4.65. The fraction of sp³-hybridized carbons (Fsp3) is 0.778. The fourth-order valence-corrected chi connectivity index (χ4v) is 1.66. The first-order valence-electron chi connectivity index (χ1n) is 4.89. The zero-order valence-corrected chi connectivity index (χ0v) is 7.72. The zero-order chi connectivity index (χ0) is 8.93. The monoisotopic (exact) mass is 181 g/mol. The summed E-state index contributed by atoms with van der Waals surface area (Å²) in [4.78, 5) is 3.90. The zero-order valence-electron chi connectivity index (χ0n) is 7.72. The summed E-state index contributed by atoms with van der Waals surface area (Å²) < 4.78 is 7.47. The van der Waals surface area contributed by atoms with E-state index in [4.69, 9.17) is 4.74 Å². The first-order chi connectivity index (χ1) is 6.45. The number of hydrogen-bond acceptors (Lipinski definition) is 3. The van der Waals surface area contributed by atoms with Crippen LogP contribution in [0.3, 0.4) is 0 Å². The molecule has 0 bridgehead atoms. The smallest absolute Gasteiger partial charge is 0.137 e. The van der Waals surface area contributed by atoms with E-state index < -0.39 is 0 Å². The maximum absolute atomic E-state index is 5.61. The van der Waals surface area contributed by atoms with Gasteiger partial charge >= 0.3 is 0 Å². The molecule has 0 aliphatic carbocycles. The van der Waals surface area contributed by atoms with Gasteiger partial charge in [0.1, 0.15) is 12.7 Å². The van der Waals surface area contributed by atoms with Gasteiger partial charge in [-0.15, -0.1) is 0 Å². The molecule has 72 valence electrons. The Bertz CT molecular complexity index is 229. The molecule has 0 aromatic carbocycles. The van der Waals surface area contributed by atoms with E-state index >= 15 is 0 Å². The summed E-state index contributed by atoms with van der Waals surface area (Å²) in [6, 6.07) is 0. The first-order valence-corrected chi connectivity index (χ1v) is 4.89. The fourth-order valence-electron chi connectivity index (χ4n) is 1.66. The summed E-state index contributed by atoms with van der Waals surface area (Å²) in [6.45, 7) is 1.85. The average Bonchev–Trinajstić information content (AvgIpc) is 2.69. The molecule has 4 heteroatoms. The van der Waals surface area contributed by atoms with Crippen LogP contribution in [0.1, 0.15) is 25.7 Å². The van der Waals surface area contributed by atoms with Crippen LogP contribution >= 0.6 is 0 Å². The van der Waals surface area contributed by atoms with Gasteiger partial charge in [0, 0.05) is 13.2 Å². The van der Waals surface area contributed by atoms with Gasteiger partial charge in [0.15, 0.2) is 0 Å². The third-order valence-corrected chi connectivity index (χ3v) is 2.42. The Kier molecular flexibility index (Phi) is 2.92. The van der Waals surface area contributed by atoms with Crippen molar-refractivity contribution in [3.8, 4) is 0 Å². The van der Waals surface area contributed by atoms with Gasteiger partial charge in [-0.3, -0.25) is 4.68 Å². The van der Waals surface area contributed by atoms with E-state index in [1.165, 1.54) is 19.3 Å².